The zero-order valence-electron chi connectivity index (χ0n) is 14.2. The molecule has 0 N–H and O–H groups in total. The second kappa shape index (κ2) is 6.80. The highest BCUT2D eigenvalue weighted by Crippen LogP contribution is 2.44. The van der Waals surface area contributed by atoms with Gasteiger partial charge in [0.1, 0.15) is 12.4 Å². The van der Waals surface area contributed by atoms with Gasteiger partial charge in [0.05, 0.1) is 29.5 Å². The van der Waals surface area contributed by atoms with Crippen LogP contribution < -0.4 is 0 Å². The molecule has 0 spiro atoms. The van der Waals surface area contributed by atoms with Gasteiger partial charge in [-0.1, -0.05) is 23.7 Å². The van der Waals surface area contributed by atoms with Crippen LogP contribution in [0.25, 0.3) is 0 Å². The quantitative estimate of drug-likeness (QED) is 0.765. The predicted octanol–water partition coefficient (Wildman–Crippen LogP) is 3.58. The molecule has 1 aromatic carbocycles. The molecule has 0 fully saturated rings. The third-order valence-electron chi connectivity index (χ3n) is 4.32. The number of halogens is 1. The highest BCUT2D eigenvalue weighted by molar-refractivity contribution is 6.30. The summed E-state index contributed by atoms with van der Waals surface area (Å²) in [4.78, 5) is 26.1. The number of rotatable bonds is 3. The highest BCUT2D eigenvalue weighted by Gasteiger charge is 2.43. The lowest BCUT2D eigenvalue weighted by Gasteiger charge is -2.33. The maximum atomic E-state index is 12.4. The number of nitrogens with zero attached hydrogens (tertiary/aromatic N) is 1. The summed E-state index contributed by atoms with van der Waals surface area (Å²) in [6.07, 6.45) is -0.812. The van der Waals surface area contributed by atoms with Crippen molar-refractivity contribution in [3.05, 3.63) is 57.6 Å². The Labute approximate surface area is 150 Å². The molecule has 0 aliphatic carbocycles. The van der Waals surface area contributed by atoms with E-state index in [1.807, 2.05) is 13.0 Å². The zero-order valence-corrected chi connectivity index (χ0v) is 14.9. The van der Waals surface area contributed by atoms with Gasteiger partial charge < -0.3 is 19.1 Å². The van der Waals surface area contributed by atoms with E-state index in [0.29, 0.717) is 22.1 Å². The lowest BCUT2D eigenvalue weighted by Crippen LogP contribution is -2.30. The van der Waals surface area contributed by atoms with E-state index in [1.165, 1.54) is 0 Å². The minimum atomic E-state index is -0.812. The summed E-state index contributed by atoms with van der Waals surface area (Å²) in [5.41, 5.74) is 2.65. The molecule has 0 saturated carbocycles. The molecule has 132 valence electrons. The van der Waals surface area contributed by atoms with Crippen molar-refractivity contribution in [2.45, 2.75) is 19.8 Å². The van der Waals surface area contributed by atoms with Gasteiger partial charge in [-0.3, -0.25) is 0 Å². The van der Waals surface area contributed by atoms with Crippen molar-refractivity contribution in [2.75, 3.05) is 20.3 Å². The van der Waals surface area contributed by atoms with Crippen molar-refractivity contribution < 1.29 is 23.8 Å². The molecule has 2 aliphatic heterocycles. The molecular formula is C18H18ClNO5. The molecule has 0 saturated heterocycles. The minimum absolute atomic E-state index is 0.186. The second-order valence-corrected chi connectivity index (χ2v) is 6.15. The number of hydrogen-bond acceptors (Lipinski definition) is 6. The summed E-state index contributed by atoms with van der Waals surface area (Å²) in [5.74, 6) is -0.672. The van der Waals surface area contributed by atoms with E-state index in [1.54, 1.807) is 37.1 Å². The van der Waals surface area contributed by atoms with Gasteiger partial charge in [0.25, 0.3) is 0 Å². The number of carbonyl (C=O) groups excluding carboxylic acids is 2. The molecule has 0 aromatic heterocycles. The Hall–Kier alpha value is -2.47. The van der Waals surface area contributed by atoms with Crippen LogP contribution in [-0.4, -0.2) is 37.3 Å². The average Bonchev–Trinajstić information content (AvgIpc) is 2.95. The number of carbonyl (C=O) groups is 2. The third kappa shape index (κ3) is 3.09. The Kier molecular flexibility index (Phi) is 4.72. The Morgan fingerprint density at radius 3 is 2.88 bits per heavy atom. The van der Waals surface area contributed by atoms with Crippen LogP contribution in [0, 0.1) is 0 Å². The van der Waals surface area contributed by atoms with Crippen LogP contribution in [0.4, 0.5) is 4.79 Å². The summed E-state index contributed by atoms with van der Waals surface area (Å²) in [6, 6.07) is 7.11. The molecule has 3 rings (SSSR count). The SMILES string of the molecule is CCOC(=O)OC1=C(C)N(C)C2=C(C(=O)OC2)C1c1cccc(Cl)c1. The van der Waals surface area contributed by atoms with E-state index in [-0.39, 0.29) is 13.2 Å². The lowest BCUT2D eigenvalue weighted by molar-refractivity contribution is -0.136. The fourth-order valence-corrected chi connectivity index (χ4v) is 3.25. The van der Waals surface area contributed by atoms with Crippen LogP contribution in [0.3, 0.4) is 0 Å². The van der Waals surface area contributed by atoms with Gasteiger partial charge in [0.2, 0.25) is 0 Å². The molecule has 0 bridgehead atoms. The Balaban J connectivity index is 2.12. The van der Waals surface area contributed by atoms with Crippen LogP contribution in [-0.2, 0) is 19.0 Å². The van der Waals surface area contributed by atoms with E-state index in [4.69, 9.17) is 25.8 Å². The van der Waals surface area contributed by atoms with Gasteiger partial charge in [0.15, 0.2) is 0 Å². The maximum Gasteiger partial charge on any atom is 0.513 e. The Morgan fingerprint density at radius 1 is 1.44 bits per heavy atom. The van der Waals surface area contributed by atoms with Crippen LogP contribution in [0.1, 0.15) is 25.3 Å². The number of esters is 1. The number of allylic oxidation sites excluding steroid dienone is 2. The number of hydrogen-bond donors (Lipinski definition) is 0. The monoisotopic (exact) mass is 363 g/mol. The van der Waals surface area contributed by atoms with E-state index in [0.717, 1.165) is 11.3 Å². The van der Waals surface area contributed by atoms with Crippen molar-refractivity contribution in [2.24, 2.45) is 0 Å². The largest absolute Gasteiger partial charge is 0.513 e. The van der Waals surface area contributed by atoms with Crippen molar-refractivity contribution in [1.29, 1.82) is 0 Å². The summed E-state index contributed by atoms with van der Waals surface area (Å²) in [5, 5.41) is 0.526. The van der Waals surface area contributed by atoms with E-state index < -0.39 is 18.0 Å². The molecular weight excluding hydrogens is 346 g/mol. The molecule has 1 atom stereocenters. The van der Waals surface area contributed by atoms with Crippen LogP contribution in [0.5, 0.6) is 0 Å². The van der Waals surface area contributed by atoms with Gasteiger partial charge >= 0.3 is 12.1 Å². The minimum Gasteiger partial charge on any atom is -0.456 e. The first-order chi connectivity index (χ1) is 11.9. The summed E-state index contributed by atoms with van der Waals surface area (Å²) < 4.78 is 15.6. The van der Waals surface area contributed by atoms with Crippen molar-refractivity contribution in [3.8, 4) is 0 Å². The van der Waals surface area contributed by atoms with Gasteiger partial charge in [-0.05, 0) is 31.5 Å². The number of ether oxygens (including phenoxy) is 3. The van der Waals surface area contributed by atoms with E-state index in [9.17, 15) is 9.59 Å². The number of cyclic esters (lactones) is 1. The predicted molar refractivity (Wildman–Crippen MR) is 90.7 cm³/mol. The topological polar surface area (TPSA) is 65.1 Å². The molecule has 7 heteroatoms. The van der Waals surface area contributed by atoms with Gasteiger partial charge in [0, 0.05) is 12.1 Å². The smallest absolute Gasteiger partial charge is 0.456 e. The molecule has 1 aromatic rings. The van der Waals surface area contributed by atoms with E-state index >= 15 is 0 Å². The maximum absolute atomic E-state index is 12.4. The van der Waals surface area contributed by atoms with Crippen molar-refractivity contribution in [1.82, 2.24) is 4.90 Å². The number of likely N-dealkylation sites (N-methyl/N-ethyl adjacent to an activating group) is 1. The number of benzene rings is 1. The van der Waals surface area contributed by atoms with Gasteiger partial charge in [-0.2, -0.15) is 0 Å². The summed E-state index contributed by atoms with van der Waals surface area (Å²) in [7, 11) is 1.80. The zero-order chi connectivity index (χ0) is 18.1. The lowest BCUT2D eigenvalue weighted by atomic mass is 9.85. The summed E-state index contributed by atoms with van der Waals surface area (Å²) in [6.45, 7) is 3.89. The van der Waals surface area contributed by atoms with Crippen molar-refractivity contribution in [3.63, 3.8) is 0 Å². The third-order valence-corrected chi connectivity index (χ3v) is 4.56. The first kappa shape index (κ1) is 17.4. The van der Waals surface area contributed by atoms with E-state index in [2.05, 4.69) is 0 Å². The first-order valence-corrected chi connectivity index (χ1v) is 8.26. The van der Waals surface area contributed by atoms with Gasteiger partial charge in [-0.25, -0.2) is 9.59 Å². The van der Waals surface area contributed by atoms with Crippen molar-refractivity contribution >= 4 is 23.7 Å². The molecule has 0 amide bonds. The Morgan fingerprint density at radius 2 is 2.20 bits per heavy atom. The van der Waals surface area contributed by atoms with Crippen LogP contribution in [0.2, 0.25) is 5.02 Å². The highest BCUT2D eigenvalue weighted by atomic mass is 35.5. The molecule has 2 heterocycles. The van der Waals surface area contributed by atoms with Crippen LogP contribution >= 0.6 is 11.6 Å². The molecule has 2 aliphatic rings. The first-order valence-electron chi connectivity index (χ1n) is 7.88. The molecule has 25 heavy (non-hydrogen) atoms. The average molecular weight is 364 g/mol. The van der Waals surface area contributed by atoms with Gasteiger partial charge in [-0.15, -0.1) is 0 Å². The summed E-state index contributed by atoms with van der Waals surface area (Å²) >= 11 is 6.12. The molecule has 1 unspecified atom stereocenters. The second-order valence-electron chi connectivity index (χ2n) is 5.72. The normalized spacial score (nSPS) is 19.8. The van der Waals surface area contributed by atoms with Crippen LogP contribution in [0.15, 0.2) is 47.0 Å². The fraction of sp³-hybridized carbons (Fsp3) is 0.333. The molecule has 6 nitrogen and oxygen atoms in total. The standard InChI is InChI=1S/C18H18ClNO5/c1-4-23-18(22)25-16-10(2)20(3)13-9-24-17(21)15(13)14(16)11-6-5-7-12(19)8-11/h5-8,14H,4,9H2,1-3H3. The Bertz CT molecular complexity index is 798. The fourth-order valence-electron chi connectivity index (χ4n) is 3.05. The molecule has 0 radical (unpaired) electrons.